The van der Waals surface area contributed by atoms with Gasteiger partial charge >= 0.3 is 0 Å². The van der Waals surface area contributed by atoms with Crippen LogP contribution in [-0.4, -0.2) is 52.8 Å². The number of carbonyl (C=O) groups is 1. The zero-order chi connectivity index (χ0) is 27.6. The molecule has 0 aliphatic carbocycles. The van der Waals surface area contributed by atoms with Crippen LogP contribution in [0.1, 0.15) is 23.2 Å². The average Bonchev–Trinajstić information content (AvgIpc) is 3.61. The molecular weight excluding hydrogens is 545 g/mol. The maximum Gasteiger partial charge on any atom is 0.261 e. The molecule has 0 radical (unpaired) electrons. The van der Waals surface area contributed by atoms with Crippen molar-refractivity contribution in [1.29, 1.82) is 0 Å². The van der Waals surface area contributed by atoms with Crippen LogP contribution in [-0.2, 0) is 14.8 Å². The van der Waals surface area contributed by atoms with Crippen molar-refractivity contribution in [2.75, 3.05) is 37.0 Å². The van der Waals surface area contributed by atoms with Crippen molar-refractivity contribution in [3.05, 3.63) is 72.0 Å². The summed E-state index contributed by atoms with van der Waals surface area (Å²) in [5.41, 5.74) is 1.19. The van der Waals surface area contributed by atoms with E-state index in [0.717, 1.165) is 29.7 Å². The van der Waals surface area contributed by atoms with Gasteiger partial charge in [-0.3, -0.25) is 14.4 Å². The van der Waals surface area contributed by atoms with Crippen LogP contribution < -0.4 is 19.1 Å². The lowest BCUT2D eigenvalue weighted by Crippen LogP contribution is -2.37. The number of anilines is 2. The van der Waals surface area contributed by atoms with E-state index < -0.39 is 15.8 Å². The number of hydrogen-bond donors (Lipinski definition) is 1. The predicted molar refractivity (Wildman–Crippen MR) is 147 cm³/mol. The Balaban J connectivity index is 1.44. The maximum atomic E-state index is 13.8. The van der Waals surface area contributed by atoms with E-state index in [1.165, 1.54) is 35.6 Å². The van der Waals surface area contributed by atoms with Gasteiger partial charge in [0.05, 0.1) is 31.8 Å². The topological polar surface area (TPSA) is 107 Å². The van der Waals surface area contributed by atoms with Crippen LogP contribution in [0.4, 0.5) is 15.2 Å². The summed E-state index contributed by atoms with van der Waals surface area (Å²) in [4.78, 5) is 20.0. The molecule has 12 heteroatoms. The van der Waals surface area contributed by atoms with Crippen LogP contribution in [0, 0.1) is 5.82 Å². The number of carbonyl (C=O) groups excluding carboxylic acids is 1. The summed E-state index contributed by atoms with van der Waals surface area (Å²) >= 11 is 1.32. The number of aromatic nitrogens is 1. The monoisotopic (exact) mass is 571 g/mol. The maximum absolute atomic E-state index is 13.8. The number of rotatable bonds is 9. The molecule has 1 atom stereocenters. The summed E-state index contributed by atoms with van der Waals surface area (Å²) in [6.07, 6.45) is 1.61. The molecule has 1 N–H and O–H groups in total. The van der Waals surface area contributed by atoms with E-state index in [0.29, 0.717) is 40.9 Å². The summed E-state index contributed by atoms with van der Waals surface area (Å²) in [5, 5.41) is 0.467. The predicted octanol–water partition coefficient (Wildman–Crippen LogP) is 5.08. The van der Waals surface area contributed by atoms with Crippen LogP contribution in [0.15, 0.2) is 65.6 Å². The van der Waals surface area contributed by atoms with Gasteiger partial charge in [-0.1, -0.05) is 11.3 Å². The number of fused-ring (bicyclic) bond motifs is 1. The van der Waals surface area contributed by atoms with Crippen molar-refractivity contribution in [2.24, 2.45) is 0 Å². The third kappa shape index (κ3) is 5.68. The molecule has 1 amide bonds. The van der Waals surface area contributed by atoms with Crippen LogP contribution in [0.5, 0.6) is 11.5 Å². The largest absolute Gasteiger partial charge is 0.495 e. The van der Waals surface area contributed by atoms with E-state index in [4.69, 9.17) is 19.2 Å². The Kier molecular flexibility index (Phi) is 7.69. The van der Waals surface area contributed by atoms with E-state index in [9.17, 15) is 17.6 Å². The Morgan fingerprint density at radius 1 is 1.08 bits per heavy atom. The summed E-state index contributed by atoms with van der Waals surface area (Å²) in [5.74, 6) is 0.345. The molecule has 3 aromatic carbocycles. The lowest BCUT2D eigenvalue weighted by Gasteiger charge is -2.23. The van der Waals surface area contributed by atoms with Crippen molar-refractivity contribution < 1.29 is 31.8 Å². The van der Waals surface area contributed by atoms with Crippen molar-refractivity contribution in [3.63, 3.8) is 0 Å². The second-order valence-electron chi connectivity index (χ2n) is 8.83. The van der Waals surface area contributed by atoms with E-state index in [1.807, 2.05) is 0 Å². The molecule has 1 saturated heterocycles. The number of amides is 1. The first-order valence-electron chi connectivity index (χ1n) is 12.1. The molecule has 0 bridgehead atoms. The second-order valence-corrected chi connectivity index (χ2v) is 11.5. The highest BCUT2D eigenvalue weighted by atomic mass is 32.2. The third-order valence-electron chi connectivity index (χ3n) is 6.29. The van der Waals surface area contributed by atoms with Gasteiger partial charge in [-0.15, -0.1) is 0 Å². The molecule has 204 valence electrons. The van der Waals surface area contributed by atoms with Gasteiger partial charge in [0.15, 0.2) is 5.13 Å². The summed E-state index contributed by atoms with van der Waals surface area (Å²) in [6.45, 7) is 0.944. The fourth-order valence-electron chi connectivity index (χ4n) is 4.29. The molecule has 39 heavy (non-hydrogen) atoms. The van der Waals surface area contributed by atoms with Gasteiger partial charge in [-0.05, 0) is 73.5 Å². The average molecular weight is 572 g/mol. The normalized spacial score (nSPS) is 15.3. The molecule has 5 rings (SSSR count). The fourth-order valence-corrected chi connectivity index (χ4v) is 6.43. The molecular formula is C27H26FN3O6S2. The molecule has 2 heterocycles. The lowest BCUT2D eigenvalue weighted by molar-refractivity contribution is 0.0917. The molecule has 9 nitrogen and oxygen atoms in total. The molecule has 1 aromatic heterocycles. The smallest absolute Gasteiger partial charge is 0.261 e. The van der Waals surface area contributed by atoms with Gasteiger partial charge in [0.1, 0.15) is 27.5 Å². The van der Waals surface area contributed by atoms with Gasteiger partial charge in [-0.25, -0.2) is 17.8 Å². The molecule has 1 unspecified atom stereocenters. The van der Waals surface area contributed by atoms with E-state index in [1.54, 1.807) is 43.4 Å². The molecule has 0 spiro atoms. The molecule has 1 fully saturated rings. The van der Waals surface area contributed by atoms with Gasteiger partial charge in [0.25, 0.3) is 15.9 Å². The number of methoxy groups -OCH3 is 2. The Labute approximate surface area is 229 Å². The van der Waals surface area contributed by atoms with Crippen molar-refractivity contribution in [2.45, 2.75) is 23.8 Å². The van der Waals surface area contributed by atoms with Crippen LogP contribution in [0.3, 0.4) is 0 Å². The number of benzene rings is 3. The quantitative estimate of drug-likeness (QED) is 0.299. The van der Waals surface area contributed by atoms with Gasteiger partial charge in [0.2, 0.25) is 0 Å². The number of halogens is 1. The number of thiazole rings is 1. The highest BCUT2D eigenvalue weighted by Crippen LogP contribution is 2.40. The van der Waals surface area contributed by atoms with Crippen LogP contribution >= 0.6 is 11.3 Å². The summed E-state index contributed by atoms with van der Waals surface area (Å²) < 4.78 is 58.5. The minimum atomic E-state index is -3.93. The molecule has 4 aromatic rings. The SMILES string of the molecule is COc1ccc(OC)c2sc(N(CC3CCCO3)C(=O)c3ccc(NS(=O)(=O)c4ccc(F)cc4)cc3)nc12. The van der Waals surface area contributed by atoms with E-state index in [2.05, 4.69) is 4.72 Å². The molecule has 1 aliphatic heterocycles. The highest BCUT2D eigenvalue weighted by Gasteiger charge is 2.28. The minimum absolute atomic E-state index is 0.0755. The Morgan fingerprint density at radius 2 is 1.77 bits per heavy atom. The summed E-state index contributed by atoms with van der Waals surface area (Å²) in [7, 11) is -0.799. The van der Waals surface area contributed by atoms with Crippen LogP contribution in [0.25, 0.3) is 10.2 Å². The van der Waals surface area contributed by atoms with Gasteiger partial charge in [-0.2, -0.15) is 0 Å². The number of nitrogens with zero attached hydrogens (tertiary/aromatic N) is 2. The Morgan fingerprint density at radius 3 is 2.41 bits per heavy atom. The first kappa shape index (κ1) is 26.9. The number of nitrogens with one attached hydrogen (secondary N) is 1. The first-order valence-corrected chi connectivity index (χ1v) is 14.4. The zero-order valence-corrected chi connectivity index (χ0v) is 22.9. The van der Waals surface area contributed by atoms with Crippen molar-refractivity contribution >= 4 is 48.3 Å². The van der Waals surface area contributed by atoms with Gasteiger partial charge in [0, 0.05) is 17.9 Å². The minimum Gasteiger partial charge on any atom is -0.495 e. The molecule has 1 aliphatic rings. The molecule has 0 saturated carbocycles. The third-order valence-corrected chi connectivity index (χ3v) is 8.78. The zero-order valence-electron chi connectivity index (χ0n) is 21.2. The number of sulfonamides is 1. The first-order chi connectivity index (χ1) is 18.8. The van der Waals surface area contributed by atoms with E-state index in [-0.39, 0.29) is 22.6 Å². The highest BCUT2D eigenvalue weighted by molar-refractivity contribution is 7.92. The van der Waals surface area contributed by atoms with Crippen molar-refractivity contribution in [3.8, 4) is 11.5 Å². The standard InChI is InChI=1S/C27H26FN3O6S2/c1-35-22-13-14-23(36-2)25-24(22)29-27(38-25)31(16-20-4-3-15-37-20)26(32)17-5-9-19(10-6-17)30-39(33,34)21-11-7-18(28)8-12-21/h5-14,20,30H,3-4,15-16H2,1-2H3. The van der Waals surface area contributed by atoms with Crippen molar-refractivity contribution in [1.82, 2.24) is 4.98 Å². The van der Waals surface area contributed by atoms with Crippen LogP contribution in [0.2, 0.25) is 0 Å². The van der Waals surface area contributed by atoms with Gasteiger partial charge < -0.3 is 14.2 Å². The fraction of sp³-hybridized carbons (Fsp3) is 0.259. The second kappa shape index (κ2) is 11.2. The van der Waals surface area contributed by atoms with E-state index >= 15 is 0 Å². The Hall–Kier alpha value is -3.74. The number of hydrogen-bond acceptors (Lipinski definition) is 8. The summed E-state index contributed by atoms with van der Waals surface area (Å²) in [6, 6.07) is 14.2. The number of ether oxygens (including phenoxy) is 3. The lowest BCUT2D eigenvalue weighted by atomic mass is 10.1. The Bertz CT molecular complexity index is 1540.